The molecule has 0 radical (unpaired) electrons. The number of nitrogens with one attached hydrogen (secondary N) is 2. The van der Waals surface area contributed by atoms with Gasteiger partial charge in [-0.15, -0.1) is 0 Å². The Morgan fingerprint density at radius 1 is 0.957 bits per heavy atom. The smallest absolute Gasteiger partial charge is 0.315 e. The summed E-state index contributed by atoms with van der Waals surface area (Å²) in [6.45, 7) is 5.12. The van der Waals surface area contributed by atoms with E-state index in [1.807, 2.05) is 42.5 Å². The van der Waals surface area contributed by atoms with Gasteiger partial charge in [0, 0.05) is 18.5 Å². The van der Waals surface area contributed by atoms with Crippen LogP contribution in [-0.4, -0.2) is 17.7 Å². The van der Waals surface area contributed by atoms with E-state index >= 15 is 0 Å². The van der Waals surface area contributed by atoms with E-state index in [2.05, 4.69) is 36.6 Å². The third-order valence-electron chi connectivity index (χ3n) is 3.97. The third-order valence-corrected chi connectivity index (χ3v) is 3.97. The minimum Gasteiger partial charge on any atom is -0.392 e. The zero-order chi connectivity index (χ0) is 16.7. The van der Waals surface area contributed by atoms with Crippen molar-refractivity contribution in [3.05, 3.63) is 71.3 Å². The average Bonchev–Trinajstić information content (AvgIpc) is 2.59. The van der Waals surface area contributed by atoms with Crippen molar-refractivity contribution in [2.75, 3.05) is 6.54 Å². The summed E-state index contributed by atoms with van der Waals surface area (Å²) in [7, 11) is 0. The van der Waals surface area contributed by atoms with Gasteiger partial charge in [-0.25, -0.2) is 4.79 Å². The lowest BCUT2D eigenvalue weighted by molar-refractivity contribution is 0.237. The zero-order valence-corrected chi connectivity index (χ0v) is 13.7. The molecule has 4 nitrogen and oxygen atoms in total. The molecule has 0 atom stereocenters. The molecule has 0 aliphatic rings. The first-order valence-electron chi connectivity index (χ1n) is 7.78. The first kappa shape index (κ1) is 17.0. The zero-order valence-electron chi connectivity index (χ0n) is 13.7. The lowest BCUT2D eigenvalue weighted by atomic mass is 9.85. The van der Waals surface area contributed by atoms with Crippen LogP contribution >= 0.6 is 0 Å². The number of benzene rings is 2. The summed E-state index contributed by atoms with van der Waals surface area (Å²) in [6.07, 6.45) is 0. The number of amides is 2. The molecule has 2 aromatic carbocycles. The molecule has 3 N–H and O–H groups in total. The molecule has 0 saturated carbocycles. The fourth-order valence-electron chi connectivity index (χ4n) is 2.41. The topological polar surface area (TPSA) is 61.4 Å². The number of aliphatic hydroxyl groups excluding tert-OH is 1. The van der Waals surface area contributed by atoms with Gasteiger partial charge < -0.3 is 15.7 Å². The molecule has 2 aromatic rings. The minimum absolute atomic E-state index is 0.0273. The normalized spacial score (nSPS) is 11.1. The molecular formula is C19H24N2O2. The van der Waals surface area contributed by atoms with E-state index in [1.165, 1.54) is 5.56 Å². The SMILES string of the molecule is CC(C)(CNC(=O)NCc1ccccc1CO)c1ccccc1. The van der Waals surface area contributed by atoms with Crippen LogP contribution in [0.4, 0.5) is 4.79 Å². The van der Waals surface area contributed by atoms with E-state index in [4.69, 9.17) is 0 Å². The van der Waals surface area contributed by atoms with Gasteiger partial charge in [-0.1, -0.05) is 68.4 Å². The monoisotopic (exact) mass is 312 g/mol. The lowest BCUT2D eigenvalue weighted by Crippen LogP contribution is -2.42. The predicted octanol–water partition coefficient (Wildman–Crippen LogP) is 2.96. The van der Waals surface area contributed by atoms with Gasteiger partial charge in [-0.05, 0) is 16.7 Å². The van der Waals surface area contributed by atoms with E-state index in [0.29, 0.717) is 13.1 Å². The Bertz CT molecular complexity index is 639. The largest absolute Gasteiger partial charge is 0.392 e. The molecule has 122 valence electrons. The maximum Gasteiger partial charge on any atom is 0.315 e. The predicted molar refractivity (Wildman–Crippen MR) is 92.1 cm³/mol. The van der Waals surface area contributed by atoms with Crippen molar-refractivity contribution >= 4 is 6.03 Å². The number of carbonyl (C=O) groups is 1. The second-order valence-electron chi connectivity index (χ2n) is 6.21. The van der Waals surface area contributed by atoms with Crippen molar-refractivity contribution in [3.8, 4) is 0 Å². The van der Waals surface area contributed by atoms with Gasteiger partial charge in [-0.2, -0.15) is 0 Å². The summed E-state index contributed by atoms with van der Waals surface area (Å²) in [5.74, 6) is 0. The maximum atomic E-state index is 12.0. The molecule has 2 rings (SSSR count). The fraction of sp³-hybridized carbons (Fsp3) is 0.316. The quantitative estimate of drug-likeness (QED) is 0.768. The maximum absolute atomic E-state index is 12.0. The number of carbonyl (C=O) groups excluding carboxylic acids is 1. The van der Waals surface area contributed by atoms with Crippen LogP contribution in [0, 0.1) is 0 Å². The van der Waals surface area contributed by atoms with Crippen LogP contribution in [0.3, 0.4) is 0 Å². The van der Waals surface area contributed by atoms with Crippen LogP contribution in [0.25, 0.3) is 0 Å². The van der Waals surface area contributed by atoms with Crippen LogP contribution in [0.5, 0.6) is 0 Å². The molecule has 0 heterocycles. The Morgan fingerprint density at radius 2 is 1.57 bits per heavy atom. The highest BCUT2D eigenvalue weighted by Gasteiger charge is 2.20. The molecular weight excluding hydrogens is 288 g/mol. The van der Waals surface area contributed by atoms with Gasteiger partial charge in [0.2, 0.25) is 0 Å². The second kappa shape index (κ2) is 7.79. The summed E-state index contributed by atoms with van der Waals surface area (Å²) in [6, 6.07) is 17.4. The summed E-state index contributed by atoms with van der Waals surface area (Å²) in [4.78, 5) is 12.0. The van der Waals surface area contributed by atoms with Crippen LogP contribution in [0.2, 0.25) is 0 Å². The van der Waals surface area contributed by atoms with Gasteiger partial charge in [0.1, 0.15) is 0 Å². The molecule has 2 amide bonds. The van der Waals surface area contributed by atoms with E-state index in [1.54, 1.807) is 0 Å². The van der Waals surface area contributed by atoms with Gasteiger partial charge >= 0.3 is 6.03 Å². The second-order valence-corrected chi connectivity index (χ2v) is 6.21. The highest BCUT2D eigenvalue weighted by molar-refractivity contribution is 5.74. The van der Waals surface area contributed by atoms with E-state index in [-0.39, 0.29) is 18.1 Å². The Hall–Kier alpha value is -2.33. The van der Waals surface area contributed by atoms with Crippen molar-refractivity contribution in [2.24, 2.45) is 0 Å². The first-order valence-corrected chi connectivity index (χ1v) is 7.78. The molecule has 0 aromatic heterocycles. The molecule has 0 saturated heterocycles. The number of rotatable bonds is 6. The molecule has 0 aliphatic heterocycles. The molecule has 0 spiro atoms. The van der Waals surface area contributed by atoms with Crippen molar-refractivity contribution < 1.29 is 9.90 Å². The Balaban J connectivity index is 1.86. The van der Waals surface area contributed by atoms with Crippen molar-refractivity contribution in [3.63, 3.8) is 0 Å². The number of hydrogen-bond donors (Lipinski definition) is 3. The minimum atomic E-state index is -0.207. The van der Waals surface area contributed by atoms with Gasteiger partial charge in [0.05, 0.1) is 6.61 Å². The average molecular weight is 312 g/mol. The van der Waals surface area contributed by atoms with Crippen molar-refractivity contribution in [1.82, 2.24) is 10.6 Å². The summed E-state index contributed by atoms with van der Waals surface area (Å²) in [5, 5.41) is 15.0. The van der Waals surface area contributed by atoms with Crippen LogP contribution in [0.1, 0.15) is 30.5 Å². The van der Waals surface area contributed by atoms with Crippen molar-refractivity contribution in [1.29, 1.82) is 0 Å². The molecule has 23 heavy (non-hydrogen) atoms. The third kappa shape index (κ3) is 4.83. The summed E-state index contributed by atoms with van der Waals surface area (Å²) >= 11 is 0. The first-order chi connectivity index (χ1) is 11.0. The molecule has 0 unspecified atom stereocenters. The highest BCUT2D eigenvalue weighted by Crippen LogP contribution is 2.21. The summed E-state index contributed by atoms with van der Waals surface area (Å²) < 4.78 is 0. The Labute approximate surface area is 137 Å². The van der Waals surface area contributed by atoms with Gasteiger partial charge in [0.15, 0.2) is 0 Å². The van der Waals surface area contributed by atoms with Crippen LogP contribution in [0.15, 0.2) is 54.6 Å². The van der Waals surface area contributed by atoms with E-state index in [9.17, 15) is 9.90 Å². The highest BCUT2D eigenvalue weighted by atomic mass is 16.3. The number of aliphatic hydroxyl groups is 1. The van der Waals surface area contributed by atoms with E-state index in [0.717, 1.165) is 11.1 Å². The van der Waals surface area contributed by atoms with Gasteiger partial charge in [-0.3, -0.25) is 0 Å². The molecule has 4 heteroatoms. The Morgan fingerprint density at radius 3 is 2.22 bits per heavy atom. The van der Waals surface area contributed by atoms with Crippen LogP contribution in [-0.2, 0) is 18.6 Å². The number of hydrogen-bond acceptors (Lipinski definition) is 2. The molecule has 0 bridgehead atoms. The van der Waals surface area contributed by atoms with Crippen molar-refractivity contribution in [2.45, 2.75) is 32.4 Å². The summed E-state index contributed by atoms with van der Waals surface area (Å²) in [5.41, 5.74) is 2.80. The van der Waals surface area contributed by atoms with E-state index < -0.39 is 0 Å². The molecule has 0 fully saturated rings. The molecule has 0 aliphatic carbocycles. The van der Waals surface area contributed by atoms with Gasteiger partial charge in [0.25, 0.3) is 0 Å². The fourth-order valence-corrected chi connectivity index (χ4v) is 2.41. The lowest BCUT2D eigenvalue weighted by Gasteiger charge is -2.25. The number of urea groups is 1. The standard InChI is InChI=1S/C19H24N2O2/c1-19(2,17-10-4-3-5-11-17)14-21-18(23)20-12-15-8-6-7-9-16(15)13-22/h3-11,22H,12-14H2,1-2H3,(H2,20,21,23). The Kier molecular flexibility index (Phi) is 5.77. The van der Waals surface area contributed by atoms with Crippen LogP contribution < -0.4 is 10.6 Å².